The second kappa shape index (κ2) is 7.03. The van der Waals surface area contributed by atoms with E-state index < -0.39 is 0 Å². The summed E-state index contributed by atoms with van der Waals surface area (Å²) >= 11 is 0. The molecular weight excluding hydrogens is 328 g/mol. The zero-order valence-corrected chi connectivity index (χ0v) is 15.0. The molecule has 0 bridgehead atoms. The largest absolute Gasteiger partial charge is 0.395 e. The Morgan fingerprint density at radius 2 is 2.23 bits per heavy atom. The van der Waals surface area contributed by atoms with Crippen LogP contribution in [0.5, 0.6) is 0 Å². The van der Waals surface area contributed by atoms with E-state index >= 15 is 0 Å². The minimum Gasteiger partial charge on any atom is -0.395 e. The molecule has 1 amide bonds. The molecular formula is C20H24N4O2. The van der Waals surface area contributed by atoms with Crippen LogP contribution in [-0.2, 0) is 12.8 Å². The van der Waals surface area contributed by atoms with Crippen LogP contribution >= 0.6 is 0 Å². The first-order valence-electron chi connectivity index (χ1n) is 9.33. The Labute approximate surface area is 153 Å². The number of hydrogen-bond acceptors (Lipinski definition) is 5. The molecule has 6 heteroatoms. The number of hydrogen-bond donors (Lipinski definition) is 2. The normalized spacial score (nSPS) is 18.4. The van der Waals surface area contributed by atoms with Crippen LogP contribution in [-0.4, -0.2) is 46.7 Å². The molecule has 0 saturated carbocycles. The van der Waals surface area contributed by atoms with Gasteiger partial charge in [0.15, 0.2) is 0 Å². The van der Waals surface area contributed by atoms with Gasteiger partial charge in [0.2, 0.25) is 5.95 Å². The maximum Gasteiger partial charge on any atom is 0.251 e. The standard InChI is InChI=1S/C20H24N4O2/c1-13-8-10-24(13)20-22-17-7-3-6-16(17)18(23-20)14-4-2-5-15(12-14)19(26)21-9-11-25/h2,4-5,12-13,25H,3,6-11H2,1H3,(H,21,26)/t13-/m0/s1. The van der Waals surface area contributed by atoms with E-state index in [1.54, 1.807) is 6.07 Å². The van der Waals surface area contributed by atoms with Gasteiger partial charge < -0.3 is 15.3 Å². The van der Waals surface area contributed by atoms with Crippen molar-refractivity contribution in [2.24, 2.45) is 0 Å². The Balaban J connectivity index is 1.72. The topological polar surface area (TPSA) is 78.4 Å². The first-order chi connectivity index (χ1) is 12.7. The van der Waals surface area contributed by atoms with E-state index in [0.29, 0.717) is 11.6 Å². The molecule has 1 aliphatic heterocycles. The van der Waals surface area contributed by atoms with Crippen LogP contribution in [0.25, 0.3) is 11.3 Å². The average molecular weight is 352 g/mol. The van der Waals surface area contributed by atoms with Gasteiger partial charge in [-0.3, -0.25) is 4.79 Å². The molecule has 26 heavy (non-hydrogen) atoms. The smallest absolute Gasteiger partial charge is 0.251 e. The molecule has 0 radical (unpaired) electrons. The van der Waals surface area contributed by atoms with Crippen molar-refractivity contribution < 1.29 is 9.90 Å². The number of aliphatic hydroxyl groups is 1. The van der Waals surface area contributed by atoms with Gasteiger partial charge in [0.25, 0.3) is 5.91 Å². The number of anilines is 1. The van der Waals surface area contributed by atoms with E-state index in [1.807, 2.05) is 18.2 Å². The van der Waals surface area contributed by atoms with Crippen LogP contribution in [0.2, 0.25) is 0 Å². The molecule has 1 atom stereocenters. The van der Waals surface area contributed by atoms with Crippen LogP contribution in [0.1, 0.15) is 41.4 Å². The highest BCUT2D eigenvalue weighted by Gasteiger charge is 2.29. The van der Waals surface area contributed by atoms with Gasteiger partial charge in [0.05, 0.1) is 12.3 Å². The van der Waals surface area contributed by atoms with Crippen molar-refractivity contribution in [1.29, 1.82) is 0 Å². The number of rotatable bonds is 5. The van der Waals surface area contributed by atoms with Gasteiger partial charge in [-0.15, -0.1) is 0 Å². The molecule has 2 aromatic rings. The first-order valence-corrected chi connectivity index (χ1v) is 9.33. The zero-order chi connectivity index (χ0) is 18.1. The van der Waals surface area contributed by atoms with E-state index in [9.17, 15) is 4.79 Å². The number of fused-ring (bicyclic) bond motifs is 1. The Kier molecular flexibility index (Phi) is 4.59. The van der Waals surface area contributed by atoms with Crippen LogP contribution in [0.3, 0.4) is 0 Å². The van der Waals surface area contributed by atoms with E-state index in [-0.39, 0.29) is 19.1 Å². The number of aliphatic hydroxyl groups excluding tert-OH is 1. The number of carbonyl (C=O) groups is 1. The van der Waals surface area contributed by atoms with Crippen molar-refractivity contribution in [3.05, 3.63) is 41.1 Å². The van der Waals surface area contributed by atoms with Gasteiger partial charge in [-0.2, -0.15) is 0 Å². The predicted molar refractivity (Wildman–Crippen MR) is 100 cm³/mol. The van der Waals surface area contributed by atoms with Crippen molar-refractivity contribution in [3.63, 3.8) is 0 Å². The lowest BCUT2D eigenvalue weighted by Gasteiger charge is -2.39. The molecule has 0 unspecified atom stereocenters. The molecule has 1 aromatic heterocycles. The summed E-state index contributed by atoms with van der Waals surface area (Å²) in [5.74, 6) is 0.637. The fourth-order valence-corrected chi connectivity index (χ4v) is 3.68. The van der Waals surface area contributed by atoms with E-state index in [1.165, 1.54) is 12.0 Å². The number of amides is 1. The van der Waals surface area contributed by atoms with Crippen molar-refractivity contribution in [3.8, 4) is 11.3 Å². The molecule has 1 saturated heterocycles. The quantitative estimate of drug-likeness (QED) is 0.860. The molecule has 1 fully saturated rings. The Bertz CT molecular complexity index is 837. The minimum atomic E-state index is -0.178. The number of nitrogens with zero attached hydrogens (tertiary/aromatic N) is 3. The minimum absolute atomic E-state index is 0.0672. The van der Waals surface area contributed by atoms with Gasteiger partial charge in [-0.05, 0) is 44.7 Å². The summed E-state index contributed by atoms with van der Waals surface area (Å²) in [5, 5.41) is 11.6. The van der Waals surface area contributed by atoms with Crippen molar-refractivity contribution in [2.75, 3.05) is 24.6 Å². The summed E-state index contributed by atoms with van der Waals surface area (Å²) < 4.78 is 0. The fraction of sp³-hybridized carbons (Fsp3) is 0.450. The molecule has 4 rings (SSSR count). The van der Waals surface area contributed by atoms with Gasteiger partial charge in [0.1, 0.15) is 0 Å². The molecule has 2 aliphatic rings. The van der Waals surface area contributed by atoms with Gasteiger partial charge in [0, 0.05) is 41.5 Å². The molecule has 2 heterocycles. The van der Waals surface area contributed by atoms with E-state index in [2.05, 4.69) is 17.1 Å². The second-order valence-corrected chi connectivity index (χ2v) is 7.04. The van der Waals surface area contributed by atoms with Crippen molar-refractivity contribution in [1.82, 2.24) is 15.3 Å². The number of benzene rings is 1. The van der Waals surface area contributed by atoms with E-state index in [0.717, 1.165) is 48.7 Å². The van der Waals surface area contributed by atoms with E-state index in [4.69, 9.17) is 15.1 Å². The summed E-state index contributed by atoms with van der Waals surface area (Å²) in [6.45, 7) is 3.39. The average Bonchev–Trinajstić information content (AvgIpc) is 3.13. The molecule has 136 valence electrons. The summed E-state index contributed by atoms with van der Waals surface area (Å²) in [6.07, 6.45) is 4.27. The molecule has 0 spiro atoms. The summed E-state index contributed by atoms with van der Waals surface area (Å²) in [4.78, 5) is 24.2. The third-order valence-corrected chi connectivity index (χ3v) is 5.29. The summed E-state index contributed by atoms with van der Waals surface area (Å²) in [6, 6.07) is 8.05. The summed E-state index contributed by atoms with van der Waals surface area (Å²) in [7, 11) is 0. The molecule has 1 aliphatic carbocycles. The Morgan fingerprint density at radius 3 is 2.96 bits per heavy atom. The lowest BCUT2D eigenvalue weighted by Crippen LogP contribution is -2.46. The zero-order valence-electron chi connectivity index (χ0n) is 15.0. The highest BCUT2D eigenvalue weighted by molar-refractivity contribution is 5.95. The highest BCUT2D eigenvalue weighted by Crippen LogP contribution is 2.34. The number of carbonyl (C=O) groups excluding carboxylic acids is 1. The Hall–Kier alpha value is -2.47. The maximum atomic E-state index is 12.2. The maximum absolute atomic E-state index is 12.2. The van der Waals surface area contributed by atoms with Crippen LogP contribution in [0, 0.1) is 0 Å². The lowest BCUT2D eigenvalue weighted by molar-refractivity contribution is 0.0945. The van der Waals surface area contributed by atoms with Crippen LogP contribution in [0.4, 0.5) is 5.95 Å². The third kappa shape index (κ3) is 3.05. The fourth-order valence-electron chi connectivity index (χ4n) is 3.68. The first kappa shape index (κ1) is 17.0. The summed E-state index contributed by atoms with van der Waals surface area (Å²) in [5.41, 5.74) is 4.87. The van der Waals surface area contributed by atoms with Gasteiger partial charge in [-0.25, -0.2) is 9.97 Å². The monoisotopic (exact) mass is 352 g/mol. The van der Waals surface area contributed by atoms with Crippen molar-refractivity contribution in [2.45, 2.75) is 38.6 Å². The number of aryl methyl sites for hydroxylation is 1. The third-order valence-electron chi connectivity index (χ3n) is 5.29. The molecule has 2 N–H and O–H groups in total. The molecule has 6 nitrogen and oxygen atoms in total. The Morgan fingerprint density at radius 1 is 1.35 bits per heavy atom. The lowest BCUT2D eigenvalue weighted by atomic mass is 10.0. The van der Waals surface area contributed by atoms with Crippen LogP contribution in [0.15, 0.2) is 24.3 Å². The highest BCUT2D eigenvalue weighted by atomic mass is 16.3. The van der Waals surface area contributed by atoms with Gasteiger partial charge >= 0.3 is 0 Å². The van der Waals surface area contributed by atoms with Crippen molar-refractivity contribution >= 4 is 11.9 Å². The SMILES string of the molecule is C[C@H]1CCN1c1nc2c(c(-c3cccc(C(=O)NCCO)c3)n1)CCC2. The number of nitrogens with one attached hydrogen (secondary N) is 1. The van der Waals surface area contributed by atoms with Crippen LogP contribution < -0.4 is 10.2 Å². The predicted octanol–water partition coefficient (Wildman–Crippen LogP) is 1.95. The number of aromatic nitrogens is 2. The second-order valence-electron chi connectivity index (χ2n) is 7.04. The molecule has 1 aromatic carbocycles. The van der Waals surface area contributed by atoms with Gasteiger partial charge in [-0.1, -0.05) is 12.1 Å².